The number of carboxylic acids is 1. The Balaban J connectivity index is 2.19. The van der Waals surface area contributed by atoms with Crippen molar-refractivity contribution in [1.82, 2.24) is 5.32 Å². The van der Waals surface area contributed by atoms with Crippen LogP contribution in [-0.2, 0) is 4.79 Å². The number of benzene rings is 2. The maximum atomic E-state index is 12.5. The molecule has 0 spiro atoms. The van der Waals surface area contributed by atoms with Crippen molar-refractivity contribution >= 4 is 23.3 Å². The normalized spacial score (nSPS) is 11.6. The first-order chi connectivity index (χ1) is 11.5. The number of amides is 1. The summed E-state index contributed by atoms with van der Waals surface area (Å²) in [6.07, 6.45) is 0.473. The van der Waals surface area contributed by atoms with E-state index in [4.69, 9.17) is 5.11 Å². The lowest BCUT2D eigenvalue weighted by molar-refractivity contribution is -0.141. The van der Waals surface area contributed by atoms with Crippen LogP contribution in [0.5, 0.6) is 0 Å². The number of carboxylic acid groups (broad SMARTS) is 1. The third-order valence-corrected chi connectivity index (χ3v) is 4.00. The van der Waals surface area contributed by atoms with Crippen LogP contribution in [0, 0.1) is 5.92 Å². The molecule has 126 valence electrons. The molecule has 5 heteroatoms. The van der Waals surface area contributed by atoms with Gasteiger partial charge in [0, 0.05) is 19.3 Å². The van der Waals surface area contributed by atoms with E-state index >= 15 is 0 Å². The second-order valence-corrected chi connectivity index (χ2v) is 5.57. The van der Waals surface area contributed by atoms with Gasteiger partial charge in [-0.1, -0.05) is 37.3 Å². The lowest BCUT2D eigenvalue weighted by Crippen LogP contribution is -2.33. The van der Waals surface area contributed by atoms with Crippen molar-refractivity contribution in [3.8, 4) is 0 Å². The van der Waals surface area contributed by atoms with Crippen LogP contribution in [0.1, 0.15) is 23.7 Å². The fourth-order valence-electron chi connectivity index (χ4n) is 2.47. The Morgan fingerprint density at radius 3 is 2.33 bits per heavy atom. The lowest BCUT2D eigenvalue weighted by Gasteiger charge is -2.22. The van der Waals surface area contributed by atoms with E-state index in [0.29, 0.717) is 12.0 Å². The lowest BCUT2D eigenvalue weighted by atomic mass is 10.1. The van der Waals surface area contributed by atoms with Gasteiger partial charge in [0.2, 0.25) is 0 Å². The molecule has 0 aromatic heterocycles. The average molecular weight is 326 g/mol. The summed E-state index contributed by atoms with van der Waals surface area (Å²) < 4.78 is 0. The summed E-state index contributed by atoms with van der Waals surface area (Å²) in [5, 5.41) is 11.8. The summed E-state index contributed by atoms with van der Waals surface area (Å²) in [5.41, 5.74) is 2.25. The molecule has 5 nitrogen and oxygen atoms in total. The topological polar surface area (TPSA) is 69.6 Å². The van der Waals surface area contributed by atoms with Crippen LogP contribution in [0.2, 0.25) is 0 Å². The maximum absolute atomic E-state index is 12.5. The monoisotopic (exact) mass is 326 g/mol. The number of hydrogen-bond donors (Lipinski definition) is 2. The van der Waals surface area contributed by atoms with Crippen molar-refractivity contribution in [3.05, 3.63) is 60.2 Å². The first kappa shape index (κ1) is 17.5. The van der Waals surface area contributed by atoms with Crippen LogP contribution < -0.4 is 10.2 Å². The van der Waals surface area contributed by atoms with Gasteiger partial charge in [-0.05, 0) is 30.7 Å². The molecule has 2 rings (SSSR count). The molecular formula is C19H22N2O3. The summed E-state index contributed by atoms with van der Waals surface area (Å²) in [7, 11) is 1.90. The number of aliphatic carboxylic acids is 1. The van der Waals surface area contributed by atoms with Gasteiger partial charge in [-0.2, -0.15) is 0 Å². The Morgan fingerprint density at radius 1 is 1.08 bits per heavy atom. The maximum Gasteiger partial charge on any atom is 0.308 e. The van der Waals surface area contributed by atoms with E-state index in [-0.39, 0.29) is 12.5 Å². The zero-order chi connectivity index (χ0) is 17.5. The van der Waals surface area contributed by atoms with Crippen molar-refractivity contribution in [2.75, 3.05) is 18.5 Å². The highest BCUT2D eigenvalue weighted by molar-refractivity contribution is 6.00. The molecule has 2 aromatic carbocycles. The summed E-state index contributed by atoms with van der Waals surface area (Å²) in [4.78, 5) is 25.5. The number of carbonyl (C=O) groups excluding carboxylic acids is 1. The number of carbonyl (C=O) groups is 2. The molecule has 0 saturated heterocycles. The molecule has 0 aliphatic carbocycles. The molecule has 0 fully saturated rings. The minimum absolute atomic E-state index is 0.119. The molecular weight excluding hydrogens is 304 g/mol. The molecule has 1 atom stereocenters. The minimum atomic E-state index is -0.896. The third-order valence-electron chi connectivity index (χ3n) is 4.00. The standard InChI is InChI=1S/C19H22N2O3/c1-3-14(19(23)24)13-20-18(22)16-11-7-8-12-17(16)21(2)15-9-5-4-6-10-15/h4-12,14H,3,13H2,1-2H3,(H,20,22)(H,23,24). The molecule has 1 unspecified atom stereocenters. The predicted molar refractivity (Wildman–Crippen MR) is 94.7 cm³/mol. The van der Waals surface area contributed by atoms with Crippen LogP contribution in [0.15, 0.2) is 54.6 Å². The Hall–Kier alpha value is -2.82. The van der Waals surface area contributed by atoms with Crippen molar-refractivity contribution in [2.24, 2.45) is 5.92 Å². The SMILES string of the molecule is CCC(CNC(=O)c1ccccc1N(C)c1ccccc1)C(=O)O. The minimum Gasteiger partial charge on any atom is -0.481 e. The van der Waals surface area contributed by atoms with Crippen LogP contribution in [0.3, 0.4) is 0 Å². The van der Waals surface area contributed by atoms with Gasteiger partial charge in [0.1, 0.15) is 0 Å². The Labute approximate surface area is 141 Å². The van der Waals surface area contributed by atoms with E-state index < -0.39 is 11.9 Å². The predicted octanol–water partition coefficient (Wildman–Crippen LogP) is 3.30. The summed E-state index contributed by atoms with van der Waals surface area (Å²) in [6.45, 7) is 1.91. The van der Waals surface area contributed by atoms with Crippen LogP contribution in [0.4, 0.5) is 11.4 Å². The number of rotatable bonds is 7. The second kappa shape index (κ2) is 8.15. The second-order valence-electron chi connectivity index (χ2n) is 5.57. The van der Waals surface area contributed by atoms with Crippen molar-refractivity contribution in [2.45, 2.75) is 13.3 Å². The first-order valence-corrected chi connectivity index (χ1v) is 7.93. The quantitative estimate of drug-likeness (QED) is 0.819. The highest BCUT2D eigenvalue weighted by Gasteiger charge is 2.19. The molecule has 24 heavy (non-hydrogen) atoms. The fourth-order valence-corrected chi connectivity index (χ4v) is 2.47. The Kier molecular flexibility index (Phi) is 5.95. The van der Waals surface area contributed by atoms with Gasteiger partial charge >= 0.3 is 5.97 Å². The average Bonchev–Trinajstić information content (AvgIpc) is 2.62. The Bertz CT molecular complexity index is 701. The van der Waals surface area contributed by atoms with Gasteiger partial charge < -0.3 is 15.3 Å². The van der Waals surface area contributed by atoms with Crippen molar-refractivity contribution in [3.63, 3.8) is 0 Å². The van der Waals surface area contributed by atoms with Crippen LogP contribution in [0.25, 0.3) is 0 Å². The van der Waals surface area contributed by atoms with Crippen molar-refractivity contribution in [1.29, 1.82) is 0 Å². The highest BCUT2D eigenvalue weighted by Crippen LogP contribution is 2.26. The summed E-state index contributed by atoms with van der Waals surface area (Å²) in [5.74, 6) is -1.74. The van der Waals surface area contributed by atoms with Gasteiger partial charge in [0.05, 0.1) is 17.2 Å². The number of nitrogens with one attached hydrogen (secondary N) is 1. The molecule has 0 aliphatic heterocycles. The molecule has 0 heterocycles. The van der Waals surface area contributed by atoms with E-state index in [0.717, 1.165) is 11.4 Å². The van der Waals surface area contributed by atoms with E-state index in [1.54, 1.807) is 19.1 Å². The number of nitrogens with zero attached hydrogens (tertiary/aromatic N) is 1. The molecule has 0 radical (unpaired) electrons. The fraction of sp³-hybridized carbons (Fsp3) is 0.263. The van der Waals surface area contributed by atoms with Gasteiger partial charge in [0.25, 0.3) is 5.91 Å². The zero-order valence-electron chi connectivity index (χ0n) is 13.9. The zero-order valence-corrected chi connectivity index (χ0v) is 13.9. The molecule has 2 N–H and O–H groups in total. The molecule has 0 saturated carbocycles. The number of hydrogen-bond acceptors (Lipinski definition) is 3. The van der Waals surface area contributed by atoms with E-state index in [1.165, 1.54) is 0 Å². The summed E-state index contributed by atoms with van der Waals surface area (Å²) >= 11 is 0. The highest BCUT2D eigenvalue weighted by atomic mass is 16.4. The molecule has 1 amide bonds. The van der Waals surface area contributed by atoms with E-state index in [9.17, 15) is 9.59 Å². The van der Waals surface area contributed by atoms with Crippen LogP contribution >= 0.6 is 0 Å². The largest absolute Gasteiger partial charge is 0.481 e. The van der Waals surface area contributed by atoms with Gasteiger partial charge in [0.15, 0.2) is 0 Å². The number of anilines is 2. The van der Waals surface area contributed by atoms with Gasteiger partial charge in [-0.15, -0.1) is 0 Å². The van der Waals surface area contributed by atoms with Gasteiger partial charge in [-0.3, -0.25) is 9.59 Å². The number of para-hydroxylation sites is 2. The van der Waals surface area contributed by atoms with E-state index in [2.05, 4.69) is 5.32 Å². The van der Waals surface area contributed by atoms with Crippen molar-refractivity contribution < 1.29 is 14.7 Å². The van der Waals surface area contributed by atoms with Gasteiger partial charge in [-0.25, -0.2) is 0 Å². The molecule has 0 aliphatic rings. The van der Waals surface area contributed by atoms with Crippen LogP contribution in [-0.4, -0.2) is 30.6 Å². The smallest absolute Gasteiger partial charge is 0.308 e. The van der Waals surface area contributed by atoms with E-state index in [1.807, 2.05) is 54.4 Å². The molecule has 0 bridgehead atoms. The third kappa shape index (κ3) is 4.13. The summed E-state index contributed by atoms with van der Waals surface area (Å²) in [6, 6.07) is 17.0. The molecule has 2 aromatic rings. The first-order valence-electron chi connectivity index (χ1n) is 7.93. The Morgan fingerprint density at radius 2 is 1.71 bits per heavy atom.